The van der Waals surface area contributed by atoms with Gasteiger partial charge in [-0.05, 0) is 36.8 Å². The number of ether oxygens (including phenoxy) is 1. The van der Waals surface area contributed by atoms with Crippen LogP contribution in [0.15, 0.2) is 36.9 Å². The van der Waals surface area contributed by atoms with Crippen molar-refractivity contribution in [3.8, 4) is 0 Å². The number of hydrogen-bond donors (Lipinski definition) is 5. The molecule has 32 heavy (non-hydrogen) atoms. The van der Waals surface area contributed by atoms with Crippen LogP contribution < -0.4 is 11.5 Å². The van der Waals surface area contributed by atoms with Crippen LogP contribution in [-0.4, -0.2) is 65.2 Å². The molecule has 7 N–H and O–H groups in total. The van der Waals surface area contributed by atoms with E-state index in [9.17, 15) is 15.0 Å². The van der Waals surface area contributed by atoms with E-state index in [4.69, 9.17) is 21.3 Å². The Morgan fingerprint density at radius 2 is 1.84 bits per heavy atom. The molecule has 0 bridgehead atoms. The molecule has 0 amide bonds. The van der Waals surface area contributed by atoms with Crippen LogP contribution in [-0.2, 0) is 22.4 Å². The van der Waals surface area contributed by atoms with E-state index in [2.05, 4.69) is 15.0 Å². The molecule has 3 heterocycles. The van der Waals surface area contributed by atoms with E-state index in [1.807, 2.05) is 24.3 Å². The fourth-order valence-corrected chi connectivity index (χ4v) is 4.03. The number of carboxylic acid groups (broad SMARTS) is 1. The second-order valence-corrected chi connectivity index (χ2v) is 7.92. The van der Waals surface area contributed by atoms with Crippen LogP contribution in [0.2, 0.25) is 0 Å². The van der Waals surface area contributed by atoms with Gasteiger partial charge >= 0.3 is 5.97 Å². The summed E-state index contributed by atoms with van der Waals surface area (Å²) in [6.45, 7) is 0. The first-order valence-electron chi connectivity index (χ1n) is 10.4. The second kappa shape index (κ2) is 9.17. The molecule has 5 atom stereocenters. The quantitative estimate of drug-likeness (QED) is 0.318. The predicted molar refractivity (Wildman–Crippen MR) is 114 cm³/mol. The second-order valence-electron chi connectivity index (χ2n) is 7.92. The minimum atomic E-state index is -1.17. The summed E-state index contributed by atoms with van der Waals surface area (Å²) in [7, 11) is 0. The van der Waals surface area contributed by atoms with Gasteiger partial charge < -0.3 is 31.5 Å². The molecule has 170 valence electrons. The first-order valence-corrected chi connectivity index (χ1v) is 10.4. The summed E-state index contributed by atoms with van der Waals surface area (Å²) in [6.07, 6.45) is 0.929. The molecule has 11 heteroatoms. The molecular weight excluding hydrogens is 416 g/mol. The van der Waals surface area contributed by atoms with Crippen LogP contribution in [0.25, 0.3) is 11.2 Å². The molecule has 0 aliphatic carbocycles. The first kappa shape index (κ1) is 22.1. The highest BCUT2D eigenvalue weighted by atomic mass is 16.6. The predicted octanol–water partition coefficient (Wildman–Crippen LogP) is 0.00500. The monoisotopic (exact) mass is 442 g/mol. The van der Waals surface area contributed by atoms with Crippen LogP contribution in [0, 0.1) is 0 Å². The number of aromatic nitrogens is 4. The van der Waals surface area contributed by atoms with E-state index in [0.717, 1.165) is 11.1 Å². The Morgan fingerprint density at radius 1 is 1.12 bits per heavy atom. The first-order chi connectivity index (χ1) is 15.4. The summed E-state index contributed by atoms with van der Waals surface area (Å²) in [4.78, 5) is 23.2. The minimum Gasteiger partial charge on any atom is -0.480 e. The summed E-state index contributed by atoms with van der Waals surface area (Å²) in [5.41, 5.74) is 14.3. The van der Waals surface area contributed by atoms with E-state index in [1.165, 1.54) is 12.7 Å². The molecule has 1 aromatic carbocycles. The molecule has 1 aliphatic heterocycles. The fourth-order valence-electron chi connectivity index (χ4n) is 4.03. The molecule has 11 nitrogen and oxygen atoms in total. The van der Waals surface area contributed by atoms with Gasteiger partial charge in [-0.3, -0.25) is 9.36 Å². The van der Waals surface area contributed by atoms with Crippen LogP contribution in [0.1, 0.15) is 30.2 Å². The maximum atomic E-state index is 11.0. The smallest absolute Gasteiger partial charge is 0.320 e. The highest BCUT2D eigenvalue weighted by Crippen LogP contribution is 2.34. The Hall–Kier alpha value is -3.12. The number of benzene rings is 1. The summed E-state index contributed by atoms with van der Waals surface area (Å²) in [6, 6.07) is 6.78. The highest BCUT2D eigenvalue weighted by molar-refractivity contribution is 5.81. The van der Waals surface area contributed by atoms with Crippen LogP contribution in [0.5, 0.6) is 0 Å². The third kappa shape index (κ3) is 4.28. The number of nitrogens with zero attached hydrogens (tertiary/aromatic N) is 4. The van der Waals surface area contributed by atoms with Gasteiger partial charge in [-0.1, -0.05) is 24.3 Å². The number of nitrogens with two attached hydrogens (primary N) is 2. The standard InChI is InChI=1S/C21H26N6O5/c22-13(21(30)31)7-5-11-3-1-2-4-12(11)6-8-14-16(28)17(29)20(32-14)27-10-26-15-18(23)24-9-25-19(15)27/h1-4,9-10,13-14,16-17,20,28-29H,5-8,22H2,(H,30,31)(H2,23,24,25)/t13-,14+,16+,17+,20+/m0/s1. The average molecular weight is 442 g/mol. The Morgan fingerprint density at radius 3 is 2.56 bits per heavy atom. The Labute approximate surface area is 183 Å². The highest BCUT2D eigenvalue weighted by Gasteiger charge is 2.44. The molecule has 2 aromatic heterocycles. The average Bonchev–Trinajstić information content (AvgIpc) is 3.33. The van der Waals surface area contributed by atoms with E-state index in [-0.39, 0.29) is 5.82 Å². The summed E-state index contributed by atoms with van der Waals surface area (Å²) in [5.74, 6) is -0.804. The summed E-state index contributed by atoms with van der Waals surface area (Å²) in [5, 5.41) is 30.2. The lowest BCUT2D eigenvalue weighted by molar-refractivity contribution is -0.138. The van der Waals surface area contributed by atoms with Gasteiger partial charge in [0.2, 0.25) is 0 Å². The molecule has 1 fully saturated rings. The van der Waals surface area contributed by atoms with Gasteiger partial charge in [0.05, 0.1) is 12.4 Å². The number of hydrogen-bond acceptors (Lipinski definition) is 9. The minimum absolute atomic E-state index is 0.220. The molecule has 0 unspecified atom stereocenters. The number of rotatable bonds is 8. The Bertz CT molecular complexity index is 1110. The van der Waals surface area contributed by atoms with Crippen molar-refractivity contribution in [2.24, 2.45) is 5.73 Å². The Kier molecular flexibility index (Phi) is 6.33. The lowest BCUT2D eigenvalue weighted by atomic mass is 9.95. The number of imidazole rings is 1. The van der Waals surface area contributed by atoms with E-state index in [1.54, 1.807) is 4.57 Å². The third-order valence-electron chi connectivity index (χ3n) is 5.86. The van der Waals surface area contributed by atoms with Crippen molar-refractivity contribution in [1.29, 1.82) is 0 Å². The lowest BCUT2D eigenvalue weighted by Gasteiger charge is -2.17. The topological polar surface area (TPSA) is 183 Å². The van der Waals surface area contributed by atoms with E-state index >= 15 is 0 Å². The zero-order chi connectivity index (χ0) is 22.8. The maximum Gasteiger partial charge on any atom is 0.320 e. The fraction of sp³-hybridized carbons (Fsp3) is 0.429. The van der Waals surface area contributed by atoms with Crippen molar-refractivity contribution in [3.05, 3.63) is 48.0 Å². The molecule has 3 aromatic rings. The van der Waals surface area contributed by atoms with Crippen molar-refractivity contribution in [1.82, 2.24) is 19.5 Å². The zero-order valence-corrected chi connectivity index (χ0v) is 17.3. The van der Waals surface area contributed by atoms with Gasteiger partial charge in [-0.25, -0.2) is 15.0 Å². The number of nitrogen functional groups attached to an aromatic ring is 1. The van der Waals surface area contributed by atoms with Crippen molar-refractivity contribution < 1.29 is 24.9 Å². The summed E-state index contributed by atoms with van der Waals surface area (Å²) < 4.78 is 7.54. The molecule has 1 aliphatic rings. The number of carboxylic acids is 1. The van der Waals surface area contributed by atoms with Crippen molar-refractivity contribution >= 4 is 23.0 Å². The number of aliphatic carboxylic acids is 1. The number of anilines is 1. The molecule has 4 rings (SSSR count). The van der Waals surface area contributed by atoms with Crippen LogP contribution in [0.3, 0.4) is 0 Å². The SMILES string of the molecule is Nc1ncnc2c1ncn2[C@@H]1O[C@H](CCc2ccccc2CC[C@H](N)C(=O)O)[C@@H](O)[C@H]1O. The van der Waals surface area contributed by atoms with Crippen molar-refractivity contribution in [2.45, 2.75) is 56.3 Å². The zero-order valence-electron chi connectivity index (χ0n) is 17.3. The lowest BCUT2D eigenvalue weighted by Crippen LogP contribution is -2.31. The largest absolute Gasteiger partial charge is 0.480 e. The van der Waals surface area contributed by atoms with Crippen LogP contribution in [0.4, 0.5) is 5.82 Å². The molecular formula is C21H26N6O5. The Balaban J connectivity index is 1.45. The number of aliphatic hydroxyl groups is 2. The van der Waals surface area contributed by atoms with Gasteiger partial charge in [0.1, 0.15) is 30.1 Å². The van der Waals surface area contributed by atoms with Crippen molar-refractivity contribution in [2.75, 3.05) is 5.73 Å². The normalized spacial score (nSPS) is 24.1. The van der Waals surface area contributed by atoms with Crippen molar-refractivity contribution in [3.63, 3.8) is 0 Å². The molecule has 0 saturated carbocycles. The maximum absolute atomic E-state index is 11.0. The van der Waals surface area contributed by atoms with E-state index < -0.39 is 36.6 Å². The van der Waals surface area contributed by atoms with Gasteiger partial charge in [0.15, 0.2) is 17.7 Å². The molecule has 1 saturated heterocycles. The van der Waals surface area contributed by atoms with Crippen LogP contribution >= 0.6 is 0 Å². The van der Waals surface area contributed by atoms with E-state index in [0.29, 0.717) is 36.8 Å². The van der Waals surface area contributed by atoms with Gasteiger partial charge in [0, 0.05) is 0 Å². The number of fused-ring (bicyclic) bond motifs is 1. The van der Waals surface area contributed by atoms with Gasteiger partial charge in [0.25, 0.3) is 0 Å². The third-order valence-corrected chi connectivity index (χ3v) is 5.86. The number of aryl methyl sites for hydroxylation is 2. The number of aliphatic hydroxyl groups excluding tert-OH is 2. The van der Waals surface area contributed by atoms with Gasteiger partial charge in [-0.2, -0.15) is 0 Å². The molecule has 0 spiro atoms. The van der Waals surface area contributed by atoms with Gasteiger partial charge in [-0.15, -0.1) is 0 Å². The molecule has 0 radical (unpaired) electrons. The number of carbonyl (C=O) groups is 1. The summed E-state index contributed by atoms with van der Waals surface area (Å²) >= 11 is 0.